The van der Waals surface area contributed by atoms with Gasteiger partial charge in [-0.3, -0.25) is 5.84 Å². The summed E-state index contributed by atoms with van der Waals surface area (Å²) >= 11 is 0. The number of halogens is 1. The molecule has 0 amide bonds. The van der Waals surface area contributed by atoms with Gasteiger partial charge in [-0.25, -0.2) is 9.82 Å². The zero-order chi connectivity index (χ0) is 15.0. The largest absolute Gasteiger partial charge is 0.459 e. The van der Waals surface area contributed by atoms with Gasteiger partial charge in [0.05, 0.1) is 0 Å². The molecule has 3 nitrogen and oxygen atoms in total. The van der Waals surface area contributed by atoms with Crippen molar-refractivity contribution in [1.82, 2.24) is 5.43 Å². The highest BCUT2D eigenvalue weighted by Crippen LogP contribution is 2.29. The summed E-state index contributed by atoms with van der Waals surface area (Å²) in [4.78, 5) is 0. The van der Waals surface area contributed by atoms with E-state index in [1.165, 1.54) is 12.1 Å². The molecule has 0 aliphatic rings. The van der Waals surface area contributed by atoms with E-state index in [1.54, 1.807) is 0 Å². The lowest BCUT2D eigenvalue weighted by Crippen LogP contribution is -2.28. The number of hydrazine groups is 1. The van der Waals surface area contributed by atoms with Crippen LogP contribution in [0, 0.1) is 19.7 Å². The Bertz CT molecular complexity index is 774. The van der Waals surface area contributed by atoms with E-state index in [-0.39, 0.29) is 11.9 Å². The quantitative estimate of drug-likeness (QED) is 0.569. The maximum atomic E-state index is 13.6. The van der Waals surface area contributed by atoms with Gasteiger partial charge in [-0.1, -0.05) is 17.7 Å². The molecule has 2 aromatic carbocycles. The van der Waals surface area contributed by atoms with Gasteiger partial charge < -0.3 is 4.42 Å². The highest BCUT2D eigenvalue weighted by Gasteiger charge is 2.18. The summed E-state index contributed by atoms with van der Waals surface area (Å²) in [6.45, 7) is 3.88. The van der Waals surface area contributed by atoms with Gasteiger partial charge >= 0.3 is 0 Å². The summed E-state index contributed by atoms with van der Waals surface area (Å²) in [5, 5.41) is 1.01. The van der Waals surface area contributed by atoms with E-state index in [0.717, 1.165) is 27.7 Å². The number of hydrogen-bond donors (Lipinski definition) is 2. The first-order valence-corrected chi connectivity index (χ1v) is 6.80. The molecule has 0 bridgehead atoms. The topological polar surface area (TPSA) is 51.2 Å². The highest BCUT2D eigenvalue weighted by atomic mass is 19.1. The fraction of sp³-hybridized carbons (Fsp3) is 0.176. The number of fused-ring (bicyclic) bond motifs is 1. The lowest BCUT2D eigenvalue weighted by Gasteiger charge is -2.14. The third-order valence-electron chi connectivity index (χ3n) is 3.54. The fourth-order valence-corrected chi connectivity index (χ4v) is 2.60. The van der Waals surface area contributed by atoms with Crippen molar-refractivity contribution in [3.8, 4) is 0 Å². The van der Waals surface area contributed by atoms with Crippen molar-refractivity contribution >= 4 is 11.0 Å². The summed E-state index contributed by atoms with van der Waals surface area (Å²) in [7, 11) is 0. The minimum atomic E-state index is -0.382. The van der Waals surface area contributed by atoms with E-state index in [0.29, 0.717) is 5.76 Å². The first-order valence-electron chi connectivity index (χ1n) is 6.80. The summed E-state index contributed by atoms with van der Waals surface area (Å²) < 4.78 is 19.4. The second kappa shape index (κ2) is 5.31. The molecule has 3 aromatic rings. The third kappa shape index (κ3) is 2.68. The van der Waals surface area contributed by atoms with Crippen LogP contribution in [0.5, 0.6) is 0 Å². The van der Waals surface area contributed by atoms with Crippen molar-refractivity contribution in [1.29, 1.82) is 0 Å². The molecule has 0 spiro atoms. The highest BCUT2D eigenvalue weighted by molar-refractivity contribution is 5.79. The summed E-state index contributed by atoms with van der Waals surface area (Å²) in [6.07, 6.45) is 0. The summed E-state index contributed by atoms with van der Waals surface area (Å²) in [6, 6.07) is 12.4. The molecule has 0 aliphatic carbocycles. The summed E-state index contributed by atoms with van der Waals surface area (Å²) in [5.74, 6) is 6.05. The second-order valence-corrected chi connectivity index (χ2v) is 5.35. The van der Waals surface area contributed by atoms with Crippen LogP contribution in [0.4, 0.5) is 4.39 Å². The lowest BCUT2D eigenvalue weighted by atomic mass is 10.0. The van der Waals surface area contributed by atoms with Crippen molar-refractivity contribution in [2.45, 2.75) is 19.9 Å². The Labute approximate surface area is 122 Å². The van der Waals surface area contributed by atoms with E-state index in [2.05, 4.69) is 5.43 Å². The van der Waals surface area contributed by atoms with E-state index in [4.69, 9.17) is 10.3 Å². The van der Waals surface area contributed by atoms with Gasteiger partial charge in [-0.2, -0.15) is 0 Å². The van der Waals surface area contributed by atoms with Crippen molar-refractivity contribution < 1.29 is 8.81 Å². The Morgan fingerprint density at radius 2 is 1.86 bits per heavy atom. The number of hydrogen-bond acceptors (Lipinski definition) is 3. The van der Waals surface area contributed by atoms with Crippen LogP contribution in [0.1, 0.15) is 28.5 Å². The molecule has 4 heteroatoms. The molecule has 1 aromatic heterocycles. The minimum absolute atomic E-state index is 0.280. The third-order valence-corrected chi connectivity index (χ3v) is 3.54. The molecule has 0 aliphatic heterocycles. The van der Waals surface area contributed by atoms with Gasteiger partial charge in [0.15, 0.2) is 0 Å². The maximum absolute atomic E-state index is 13.6. The predicted molar refractivity (Wildman–Crippen MR) is 81.3 cm³/mol. The molecule has 3 N–H and O–H groups in total. The Morgan fingerprint density at radius 3 is 2.57 bits per heavy atom. The Hall–Kier alpha value is -2.17. The number of nitrogens with one attached hydrogen (secondary N) is 1. The molecule has 3 rings (SSSR count). The Morgan fingerprint density at radius 1 is 1.05 bits per heavy atom. The molecular weight excluding hydrogens is 267 g/mol. The van der Waals surface area contributed by atoms with Crippen LogP contribution >= 0.6 is 0 Å². The van der Waals surface area contributed by atoms with Gasteiger partial charge in [0.2, 0.25) is 0 Å². The smallest absolute Gasteiger partial charge is 0.134 e. The molecule has 1 unspecified atom stereocenters. The van der Waals surface area contributed by atoms with Gasteiger partial charge in [0, 0.05) is 5.39 Å². The van der Waals surface area contributed by atoms with Crippen LogP contribution in [-0.4, -0.2) is 0 Å². The first-order chi connectivity index (χ1) is 10.1. The summed E-state index contributed by atoms with van der Waals surface area (Å²) in [5.41, 5.74) is 6.25. The van der Waals surface area contributed by atoms with Crippen molar-refractivity contribution in [3.05, 3.63) is 70.7 Å². The molecule has 108 valence electrons. The number of nitrogens with two attached hydrogens (primary N) is 1. The van der Waals surface area contributed by atoms with E-state index in [9.17, 15) is 4.39 Å². The van der Waals surface area contributed by atoms with Crippen molar-refractivity contribution in [3.63, 3.8) is 0 Å². The van der Waals surface area contributed by atoms with Crippen molar-refractivity contribution in [2.75, 3.05) is 0 Å². The van der Waals surface area contributed by atoms with Crippen LogP contribution in [0.25, 0.3) is 11.0 Å². The predicted octanol–water partition coefficient (Wildman–Crippen LogP) is 3.74. The molecule has 21 heavy (non-hydrogen) atoms. The monoisotopic (exact) mass is 284 g/mol. The first kappa shape index (κ1) is 13.8. The van der Waals surface area contributed by atoms with E-state index in [1.807, 2.05) is 44.2 Å². The number of rotatable bonds is 3. The zero-order valence-corrected chi connectivity index (χ0v) is 12.0. The van der Waals surface area contributed by atoms with E-state index >= 15 is 0 Å². The van der Waals surface area contributed by atoms with Crippen LogP contribution < -0.4 is 11.3 Å². The standard InChI is InChI=1S/C17H17FN2O/c1-10-3-4-15-12(5-10)9-16(21-15)17(20-19)13-6-11(2)7-14(18)8-13/h3-9,17,20H,19H2,1-2H3. The molecule has 1 atom stereocenters. The molecule has 0 saturated heterocycles. The molecule has 0 saturated carbocycles. The second-order valence-electron chi connectivity index (χ2n) is 5.35. The van der Waals surface area contributed by atoms with Gasteiger partial charge in [0.1, 0.15) is 23.2 Å². The Kier molecular flexibility index (Phi) is 3.49. The normalized spacial score (nSPS) is 12.8. The molecular formula is C17H17FN2O. The van der Waals surface area contributed by atoms with Crippen LogP contribution in [0.15, 0.2) is 46.9 Å². The van der Waals surface area contributed by atoms with Crippen molar-refractivity contribution in [2.24, 2.45) is 5.84 Å². The Balaban J connectivity index is 2.08. The molecule has 0 radical (unpaired) electrons. The van der Waals surface area contributed by atoms with Crippen LogP contribution in [-0.2, 0) is 0 Å². The molecule has 0 fully saturated rings. The van der Waals surface area contributed by atoms with Gasteiger partial charge in [0.25, 0.3) is 0 Å². The van der Waals surface area contributed by atoms with E-state index < -0.39 is 0 Å². The van der Waals surface area contributed by atoms with Crippen LogP contribution in [0.2, 0.25) is 0 Å². The minimum Gasteiger partial charge on any atom is -0.459 e. The molecule has 1 heterocycles. The fourth-order valence-electron chi connectivity index (χ4n) is 2.60. The van der Waals surface area contributed by atoms with Crippen LogP contribution in [0.3, 0.4) is 0 Å². The van der Waals surface area contributed by atoms with Gasteiger partial charge in [-0.05, 0) is 55.3 Å². The number of benzene rings is 2. The lowest BCUT2D eigenvalue weighted by molar-refractivity contribution is 0.475. The van der Waals surface area contributed by atoms with Gasteiger partial charge in [-0.15, -0.1) is 0 Å². The number of furan rings is 1. The average Bonchev–Trinajstić information content (AvgIpc) is 2.81. The number of aryl methyl sites for hydroxylation is 2. The maximum Gasteiger partial charge on any atom is 0.134 e. The average molecular weight is 284 g/mol. The SMILES string of the molecule is Cc1cc(F)cc(C(NN)c2cc3cc(C)ccc3o2)c1. The zero-order valence-electron chi connectivity index (χ0n) is 12.0.